The van der Waals surface area contributed by atoms with Crippen molar-refractivity contribution in [1.82, 2.24) is 0 Å². The average Bonchev–Trinajstić information content (AvgIpc) is 2.55. The van der Waals surface area contributed by atoms with Crippen molar-refractivity contribution in [2.45, 2.75) is 13.3 Å². The summed E-state index contributed by atoms with van der Waals surface area (Å²) >= 11 is 1.43. The van der Waals surface area contributed by atoms with E-state index in [0.717, 1.165) is 4.88 Å². The highest BCUT2D eigenvalue weighted by Crippen LogP contribution is 2.16. The van der Waals surface area contributed by atoms with Crippen LogP contribution < -0.4 is 0 Å². The second-order valence-electron chi connectivity index (χ2n) is 2.60. The smallest absolute Gasteiger partial charge is 0.176 e. The summed E-state index contributed by atoms with van der Waals surface area (Å²) in [4.78, 5) is 12.2. The minimum Gasteiger partial charge on any atom is -0.293 e. The van der Waals surface area contributed by atoms with Crippen molar-refractivity contribution >= 4 is 17.1 Å². The zero-order valence-electron chi connectivity index (χ0n) is 6.78. The van der Waals surface area contributed by atoms with E-state index < -0.39 is 0 Å². The summed E-state index contributed by atoms with van der Waals surface area (Å²) in [6, 6.07) is 5.63. The molecule has 62 valence electrons. The van der Waals surface area contributed by atoms with Crippen LogP contribution in [0.1, 0.15) is 23.0 Å². The van der Waals surface area contributed by atoms with Crippen molar-refractivity contribution in [2.24, 2.45) is 5.92 Å². The Balaban J connectivity index is 2.67. The molecule has 0 saturated carbocycles. The molecule has 0 fully saturated rings. The number of carbonyl (C=O) groups excluding carboxylic acids is 1. The molecule has 0 aliphatic carbocycles. The number of nitriles is 1. The standard InChI is InChI=1S/C9H9NOS/c1-7(4-5-10)9(11)8-3-2-6-12-8/h2-3,6-7H,4H2,1H3. The normalized spacial score (nSPS) is 12.0. The number of carbonyl (C=O) groups is 1. The minimum atomic E-state index is -0.173. The summed E-state index contributed by atoms with van der Waals surface area (Å²) in [5, 5.41) is 10.3. The van der Waals surface area contributed by atoms with Crippen LogP contribution in [0.4, 0.5) is 0 Å². The molecule has 1 aromatic heterocycles. The van der Waals surface area contributed by atoms with Gasteiger partial charge in [-0.15, -0.1) is 11.3 Å². The molecule has 1 aromatic rings. The lowest BCUT2D eigenvalue weighted by atomic mass is 10.0. The Morgan fingerprint density at radius 3 is 3.08 bits per heavy atom. The van der Waals surface area contributed by atoms with Gasteiger partial charge < -0.3 is 0 Å². The lowest BCUT2D eigenvalue weighted by Gasteiger charge is -2.01. The maximum atomic E-state index is 11.5. The molecule has 0 aliphatic heterocycles. The van der Waals surface area contributed by atoms with Gasteiger partial charge in [-0.2, -0.15) is 5.26 Å². The first-order chi connectivity index (χ1) is 5.75. The Kier molecular flexibility index (Phi) is 3.01. The van der Waals surface area contributed by atoms with Crippen molar-refractivity contribution < 1.29 is 4.79 Å². The fourth-order valence-electron chi connectivity index (χ4n) is 0.891. The molecule has 0 aliphatic rings. The number of ketones is 1. The molecule has 0 amide bonds. The molecule has 0 bridgehead atoms. The van der Waals surface area contributed by atoms with Gasteiger partial charge in [0, 0.05) is 12.3 Å². The molecule has 0 spiro atoms. The molecular formula is C9H9NOS. The van der Waals surface area contributed by atoms with E-state index in [2.05, 4.69) is 0 Å². The van der Waals surface area contributed by atoms with Gasteiger partial charge in [-0.25, -0.2) is 0 Å². The predicted octanol–water partition coefficient (Wildman–Crippen LogP) is 2.48. The van der Waals surface area contributed by atoms with Crippen molar-refractivity contribution in [1.29, 1.82) is 5.26 Å². The van der Waals surface area contributed by atoms with E-state index in [1.165, 1.54) is 11.3 Å². The number of thiophene rings is 1. The molecule has 0 aromatic carbocycles. The molecule has 0 saturated heterocycles. The van der Waals surface area contributed by atoms with Crippen molar-refractivity contribution in [3.8, 4) is 6.07 Å². The van der Waals surface area contributed by atoms with Crippen molar-refractivity contribution in [3.63, 3.8) is 0 Å². The monoisotopic (exact) mass is 179 g/mol. The first-order valence-electron chi connectivity index (χ1n) is 3.70. The fourth-order valence-corrected chi connectivity index (χ4v) is 1.67. The average molecular weight is 179 g/mol. The summed E-state index contributed by atoms with van der Waals surface area (Å²) in [5.41, 5.74) is 0. The van der Waals surface area contributed by atoms with Crippen LogP contribution in [0.25, 0.3) is 0 Å². The third-order valence-electron chi connectivity index (χ3n) is 1.61. The fraction of sp³-hybridized carbons (Fsp3) is 0.333. The molecule has 0 N–H and O–H groups in total. The Morgan fingerprint density at radius 1 is 1.83 bits per heavy atom. The number of Topliss-reactive ketones (excluding diaryl/α,β-unsaturated/α-hetero) is 1. The number of rotatable bonds is 3. The zero-order chi connectivity index (χ0) is 8.97. The van der Waals surface area contributed by atoms with Crippen LogP contribution in [0, 0.1) is 17.2 Å². The zero-order valence-corrected chi connectivity index (χ0v) is 7.60. The summed E-state index contributed by atoms with van der Waals surface area (Å²) in [7, 11) is 0. The third-order valence-corrected chi connectivity index (χ3v) is 2.49. The Morgan fingerprint density at radius 2 is 2.58 bits per heavy atom. The summed E-state index contributed by atoms with van der Waals surface area (Å²) in [5.74, 6) is -0.0970. The largest absolute Gasteiger partial charge is 0.293 e. The molecule has 12 heavy (non-hydrogen) atoms. The molecule has 1 heterocycles. The van der Waals surface area contributed by atoms with Crippen molar-refractivity contribution in [2.75, 3.05) is 0 Å². The quantitative estimate of drug-likeness (QED) is 0.669. The molecule has 2 nitrogen and oxygen atoms in total. The minimum absolute atomic E-state index is 0.0755. The molecule has 1 rings (SSSR count). The van der Waals surface area contributed by atoms with Crippen molar-refractivity contribution in [3.05, 3.63) is 22.4 Å². The lowest BCUT2D eigenvalue weighted by Crippen LogP contribution is -2.08. The van der Waals surface area contributed by atoms with Gasteiger partial charge in [-0.1, -0.05) is 13.0 Å². The third kappa shape index (κ3) is 1.93. The number of hydrogen-bond donors (Lipinski definition) is 0. The predicted molar refractivity (Wildman–Crippen MR) is 48.0 cm³/mol. The van der Waals surface area contributed by atoms with E-state index >= 15 is 0 Å². The second-order valence-corrected chi connectivity index (χ2v) is 3.55. The van der Waals surface area contributed by atoms with Gasteiger partial charge in [0.05, 0.1) is 10.9 Å². The van der Waals surface area contributed by atoms with Gasteiger partial charge in [0.1, 0.15) is 0 Å². The Labute approximate surface area is 75.5 Å². The molecule has 3 heteroatoms. The van der Waals surface area contributed by atoms with Gasteiger partial charge in [-0.3, -0.25) is 4.79 Å². The molecule has 1 unspecified atom stereocenters. The van der Waals surface area contributed by atoms with E-state index in [9.17, 15) is 4.79 Å². The highest BCUT2D eigenvalue weighted by atomic mass is 32.1. The first-order valence-corrected chi connectivity index (χ1v) is 4.58. The number of hydrogen-bond acceptors (Lipinski definition) is 3. The lowest BCUT2D eigenvalue weighted by molar-refractivity contribution is 0.0936. The number of nitrogens with zero attached hydrogens (tertiary/aromatic N) is 1. The van der Waals surface area contributed by atoms with Gasteiger partial charge in [-0.05, 0) is 11.4 Å². The van der Waals surface area contributed by atoms with E-state index in [1.807, 2.05) is 17.5 Å². The van der Waals surface area contributed by atoms with Gasteiger partial charge in [0.25, 0.3) is 0 Å². The second kappa shape index (κ2) is 4.03. The molecule has 1 atom stereocenters. The van der Waals surface area contributed by atoms with Gasteiger partial charge >= 0.3 is 0 Å². The van der Waals surface area contributed by atoms with E-state index in [4.69, 9.17) is 5.26 Å². The molecule has 0 radical (unpaired) electrons. The van der Waals surface area contributed by atoms with Crippen LogP contribution >= 0.6 is 11.3 Å². The van der Waals surface area contributed by atoms with Crippen LogP contribution in [0.3, 0.4) is 0 Å². The van der Waals surface area contributed by atoms with Crippen LogP contribution in [0.15, 0.2) is 17.5 Å². The topological polar surface area (TPSA) is 40.9 Å². The van der Waals surface area contributed by atoms with Crippen LogP contribution in [0.5, 0.6) is 0 Å². The highest BCUT2D eigenvalue weighted by Gasteiger charge is 2.14. The van der Waals surface area contributed by atoms with Crippen LogP contribution in [0.2, 0.25) is 0 Å². The van der Waals surface area contributed by atoms with Gasteiger partial charge in [0.15, 0.2) is 5.78 Å². The highest BCUT2D eigenvalue weighted by molar-refractivity contribution is 7.12. The van der Waals surface area contributed by atoms with Crippen LogP contribution in [-0.2, 0) is 0 Å². The summed E-state index contributed by atoms with van der Waals surface area (Å²) in [6.45, 7) is 1.78. The Hall–Kier alpha value is -1.14. The van der Waals surface area contributed by atoms with Crippen LogP contribution in [-0.4, -0.2) is 5.78 Å². The first kappa shape index (κ1) is 8.95. The van der Waals surface area contributed by atoms with E-state index in [1.54, 1.807) is 13.0 Å². The maximum Gasteiger partial charge on any atom is 0.176 e. The Bertz CT molecular complexity index is 297. The summed E-state index contributed by atoms with van der Waals surface area (Å²) in [6.07, 6.45) is 0.302. The van der Waals surface area contributed by atoms with E-state index in [0.29, 0.717) is 6.42 Å². The summed E-state index contributed by atoms with van der Waals surface area (Å²) < 4.78 is 0. The SMILES string of the molecule is CC(CC#N)C(=O)c1cccs1. The van der Waals surface area contributed by atoms with E-state index in [-0.39, 0.29) is 11.7 Å². The van der Waals surface area contributed by atoms with Gasteiger partial charge in [0.2, 0.25) is 0 Å². The maximum absolute atomic E-state index is 11.5. The molecular weight excluding hydrogens is 170 g/mol.